The first-order chi connectivity index (χ1) is 8.68. The van der Waals surface area contributed by atoms with Gasteiger partial charge in [-0.1, -0.05) is 33.6 Å². The van der Waals surface area contributed by atoms with E-state index in [1.807, 2.05) is 0 Å². The van der Waals surface area contributed by atoms with Crippen molar-refractivity contribution in [2.45, 2.75) is 71.4 Å². The largest absolute Gasteiger partial charge is 0.314 e. The smallest absolute Gasteiger partial charge is 0.0110 e. The van der Waals surface area contributed by atoms with E-state index >= 15 is 0 Å². The minimum atomic E-state index is 0.779. The van der Waals surface area contributed by atoms with Gasteiger partial charge in [-0.2, -0.15) is 0 Å². The summed E-state index contributed by atoms with van der Waals surface area (Å²) in [5, 5.41) is 7.63. The molecule has 0 radical (unpaired) electrons. The van der Waals surface area contributed by atoms with Crippen molar-refractivity contribution in [1.29, 1.82) is 0 Å². The van der Waals surface area contributed by atoms with Crippen LogP contribution >= 0.6 is 0 Å². The Bertz CT molecular complexity index is 233. The summed E-state index contributed by atoms with van der Waals surface area (Å²) in [6.07, 6.45) is 8.48. The first-order valence-electron chi connectivity index (χ1n) is 8.15. The average molecular weight is 252 g/mol. The molecular formula is C16H32N2. The Balaban J connectivity index is 1.79. The molecule has 0 amide bonds. The van der Waals surface area contributed by atoms with Crippen LogP contribution in [0.1, 0.15) is 59.3 Å². The van der Waals surface area contributed by atoms with Gasteiger partial charge in [-0.15, -0.1) is 0 Å². The first-order valence-corrected chi connectivity index (χ1v) is 8.15. The Morgan fingerprint density at radius 3 is 2.56 bits per heavy atom. The summed E-state index contributed by atoms with van der Waals surface area (Å²) in [4.78, 5) is 0. The van der Waals surface area contributed by atoms with Gasteiger partial charge in [0.05, 0.1) is 0 Å². The lowest BCUT2D eigenvalue weighted by Crippen LogP contribution is -2.47. The highest BCUT2D eigenvalue weighted by Gasteiger charge is 2.33. The second-order valence-electron chi connectivity index (χ2n) is 6.89. The molecule has 0 bridgehead atoms. The molecule has 18 heavy (non-hydrogen) atoms. The quantitative estimate of drug-likeness (QED) is 0.785. The van der Waals surface area contributed by atoms with Crippen LogP contribution in [0.4, 0.5) is 0 Å². The van der Waals surface area contributed by atoms with Gasteiger partial charge in [0.25, 0.3) is 0 Å². The fourth-order valence-electron chi connectivity index (χ4n) is 3.54. The summed E-state index contributed by atoms with van der Waals surface area (Å²) in [6, 6.07) is 1.58. The predicted octanol–water partition coefficient (Wildman–Crippen LogP) is 3.18. The molecule has 0 aromatic heterocycles. The zero-order valence-corrected chi connectivity index (χ0v) is 12.5. The standard InChI is InChI=1S/C16H32N2/c1-12(2)13(3)11-18-16-9-6-7-14(16)15-8-4-5-10-17-15/h12-18H,4-11H2,1-3H3. The van der Waals surface area contributed by atoms with Crippen LogP contribution in [0.3, 0.4) is 0 Å². The lowest BCUT2D eigenvalue weighted by atomic mass is 9.88. The second kappa shape index (κ2) is 6.91. The highest BCUT2D eigenvalue weighted by atomic mass is 15.0. The number of hydrogen-bond donors (Lipinski definition) is 2. The fraction of sp³-hybridized carbons (Fsp3) is 1.00. The summed E-state index contributed by atoms with van der Waals surface area (Å²) in [6.45, 7) is 9.49. The van der Waals surface area contributed by atoms with Crippen LogP contribution in [-0.2, 0) is 0 Å². The molecule has 2 nitrogen and oxygen atoms in total. The topological polar surface area (TPSA) is 24.1 Å². The highest BCUT2D eigenvalue weighted by Crippen LogP contribution is 2.31. The lowest BCUT2D eigenvalue weighted by Gasteiger charge is -2.33. The normalized spacial score (nSPS) is 35.0. The molecule has 1 saturated carbocycles. The summed E-state index contributed by atoms with van der Waals surface area (Å²) < 4.78 is 0. The SMILES string of the molecule is CC(C)C(C)CNC1CCCC1C1CCCCN1. The third-order valence-electron chi connectivity index (χ3n) is 5.27. The van der Waals surface area contributed by atoms with E-state index < -0.39 is 0 Å². The molecular weight excluding hydrogens is 220 g/mol. The highest BCUT2D eigenvalue weighted by molar-refractivity contribution is 4.92. The van der Waals surface area contributed by atoms with E-state index in [9.17, 15) is 0 Å². The van der Waals surface area contributed by atoms with Gasteiger partial charge in [-0.05, 0) is 56.5 Å². The summed E-state index contributed by atoms with van der Waals surface area (Å²) in [5.74, 6) is 2.49. The van der Waals surface area contributed by atoms with E-state index in [4.69, 9.17) is 0 Å². The Morgan fingerprint density at radius 1 is 1.06 bits per heavy atom. The minimum absolute atomic E-state index is 0.779. The van der Waals surface area contributed by atoms with Crippen LogP contribution in [0.2, 0.25) is 0 Å². The summed E-state index contributed by atoms with van der Waals surface area (Å²) in [7, 11) is 0. The molecule has 1 heterocycles. The molecule has 0 spiro atoms. The molecule has 0 aromatic carbocycles. The second-order valence-corrected chi connectivity index (χ2v) is 6.89. The van der Waals surface area contributed by atoms with E-state index in [1.54, 1.807) is 0 Å². The van der Waals surface area contributed by atoms with E-state index in [2.05, 4.69) is 31.4 Å². The summed E-state index contributed by atoms with van der Waals surface area (Å²) >= 11 is 0. The molecule has 1 saturated heterocycles. The maximum absolute atomic E-state index is 3.87. The van der Waals surface area contributed by atoms with Gasteiger partial charge in [-0.3, -0.25) is 0 Å². The van der Waals surface area contributed by atoms with Crippen molar-refractivity contribution in [1.82, 2.24) is 10.6 Å². The molecule has 1 aliphatic heterocycles. The van der Waals surface area contributed by atoms with Crippen molar-refractivity contribution in [3.05, 3.63) is 0 Å². The predicted molar refractivity (Wildman–Crippen MR) is 78.8 cm³/mol. The monoisotopic (exact) mass is 252 g/mol. The number of piperidine rings is 1. The molecule has 2 fully saturated rings. The van der Waals surface area contributed by atoms with Crippen LogP contribution in [-0.4, -0.2) is 25.2 Å². The van der Waals surface area contributed by atoms with E-state index in [0.717, 1.165) is 29.8 Å². The number of hydrogen-bond acceptors (Lipinski definition) is 2. The first kappa shape index (κ1) is 14.3. The zero-order valence-electron chi connectivity index (χ0n) is 12.5. The fourth-order valence-corrected chi connectivity index (χ4v) is 3.54. The van der Waals surface area contributed by atoms with Gasteiger partial charge in [0.15, 0.2) is 0 Å². The maximum atomic E-state index is 3.87. The average Bonchev–Trinajstić information content (AvgIpc) is 2.85. The Hall–Kier alpha value is -0.0800. The van der Waals surface area contributed by atoms with Crippen LogP contribution in [0.15, 0.2) is 0 Å². The molecule has 4 atom stereocenters. The Morgan fingerprint density at radius 2 is 1.89 bits per heavy atom. The van der Waals surface area contributed by atoms with Crippen LogP contribution < -0.4 is 10.6 Å². The van der Waals surface area contributed by atoms with Gasteiger partial charge in [0.1, 0.15) is 0 Å². The Kier molecular flexibility index (Phi) is 5.50. The van der Waals surface area contributed by atoms with Crippen molar-refractivity contribution >= 4 is 0 Å². The number of nitrogens with one attached hydrogen (secondary N) is 2. The van der Waals surface area contributed by atoms with E-state index in [0.29, 0.717) is 0 Å². The van der Waals surface area contributed by atoms with Gasteiger partial charge in [0, 0.05) is 12.1 Å². The van der Waals surface area contributed by atoms with Crippen LogP contribution in [0.5, 0.6) is 0 Å². The molecule has 2 N–H and O–H groups in total. The zero-order chi connectivity index (χ0) is 13.0. The molecule has 106 valence electrons. The van der Waals surface area contributed by atoms with Gasteiger partial charge >= 0.3 is 0 Å². The molecule has 2 rings (SSSR count). The van der Waals surface area contributed by atoms with Crippen LogP contribution in [0, 0.1) is 17.8 Å². The molecule has 2 heteroatoms. The maximum Gasteiger partial charge on any atom is 0.0110 e. The van der Waals surface area contributed by atoms with Crippen molar-refractivity contribution in [3.63, 3.8) is 0 Å². The molecule has 0 aromatic rings. The summed E-state index contributed by atoms with van der Waals surface area (Å²) in [5.41, 5.74) is 0. The van der Waals surface area contributed by atoms with E-state index in [-0.39, 0.29) is 0 Å². The molecule has 1 aliphatic carbocycles. The van der Waals surface area contributed by atoms with E-state index in [1.165, 1.54) is 51.6 Å². The van der Waals surface area contributed by atoms with Gasteiger partial charge in [-0.25, -0.2) is 0 Å². The number of rotatable bonds is 5. The van der Waals surface area contributed by atoms with Gasteiger partial charge < -0.3 is 10.6 Å². The van der Waals surface area contributed by atoms with Crippen molar-refractivity contribution < 1.29 is 0 Å². The molecule has 4 unspecified atom stereocenters. The Labute approximate surface area is 113 Å². The lowest BCUT2D eigenvalue weighted by molar-refractivity contribution is 0.247. The van der Waals surface area contributed by atoms with Crippen molar-refractivity contribution in [3.8, 4) is 0 Å². The van der Waals surface area contributed by atoms with Crippen LogP contribution in [0.25, 0.3) is 0 Å². The van der Waals surface area contributed by atoms with Gasteiger partial charge in [0.2, 0.25) is 0 Å². The van der Waals surface area contributed by atoms with Crippen molar-refractivity contribution in [2.75, 3.05) is 13.1 Å². The minimum Gasteiger partial charge on any atom is -0.314 e. The third-order valence-corrected chi connectivity index (χ3v) is 5.27. The molecule has 2 aliphatic rings. The third kappa shape index (κ3) is 3.71. The van der Waals surface area contributed by atoms with Crippen molar-refractivity contribution in [2.24, 2.45) is 17.8 Å².